The molecule has 2 N–H and O–H groups in total. The number of benzene rings is 3. The number of amides is 3. The van der Waals surface area contributed by atoms with Crippen LogP contribution in [0.4, 0.5) is 15.8 Å². The highest BCUT2D eigenvalue weighted by Crippen LogP contribution is 2.36. The summed E-state index contributed by atoms with van der Waals surface area (Å²) in [6.45, 7) is 0.614. The van der Waals surface area contributed by atoms with Crippen molar-refractivity contribution in [2.24, 2.45) is 0 Å². The molecule has 0 unspecified atom stereocenters. The summed E-state index contributed by atoms with van der Waals surface area (Å²) in [5, 5.41) is 6.33. The number of imide groups is 1. The number of thioether (sulfide) groups is 1. The Morgan fingerprint density at radius 3 is 2.24 bits per heavy atom. The van der Waals surface area contributed by atoms with Crippen molar-refractivity contribution in [2.75, 3.05) is 30.9 Å². The molecule has 3 aromatic carbocycles. The van der Waals surface area contributed by atoms with Gasteiger partial charge in [0, 0.05) is 47.1 Å². The first-order valence-corrected chi connectivity index (χ1v) is 12.5. The van der Waals surface area contributed by atoms with Crippen molar-refractivity contribution in [3.63, 3.8) is 0 Å². The van der Waals surface area contributed by atoms with E-state index in [2.05, 4.69) is 10.6 Å². The van der Waals surface area contributed by atoms with Gasteiger partial charge >= 0.3 is 0 Å². The van der Waals surface area contributed by atoms with Gasteiger partial charge in [-0.1, -0.05) is 23.4 Å². The van der Waals surface area contributed by atoms with Crippen LogP contribution in [0.1, 0.15) is 16.8 Å². The molecular weight excluding hydrogens is 517 g/mol. The van der Waals surface area contributed by atoms with Crippen LogP contribution >= 0.6 is 23.4 Å². The Hall–Kier alpha value is -3.66. The van der Waals surface area contributed by atoms with Gasteiger partial charge in [-0.2, -0.15) is 0 Å². The monoisotopic (exact) mass is 539 g/mol. The number of nitrogens with zero attached hydrogens (tertiary/aromatic N) is 1. The van der Waals surface area contributed by atoms with Crippen molar-refractivity contribution in [2.45, 2.75) is 11.3 Å². The van der Waals surface area contributed by atoms with E-state index in [0.29, 0.717) is 39.9 Å². The lowest BCUT2D eigenvalue weighted by molar-refractivity contribution is -0.137. The number of nitrogens with one attached hydrogen (secondary N) is 2. The van der Waals surface area contributed by atoms with E-state index in [1.54, 1.807) is 55.6 Å². The van der Waals surface area contributed by atoms with Crippen molar-refractivity contribution in [1.29, 1.82) is 0 Å². The maximum absolute atomic E-state index is 13.3. The van der Waals surface area contributed by atoms with E-state index in [0.717, 1.165) is 11.8 Å². The van der Waals surface area contributed by atoms with Crippen LogP contribution in [0.2, 0.25) is 5.02 Å². The predicted octanol–water partition coefficient (Wildman–Crippen LogP) is 5.55. The molecule has 0 aliphatic carbocycles. The highest BCUT2D eigenvalue weighted by atomic mass is 35.5. The fourth-order valence-electron chi connectivity index (χ4n) is 3.54. The van der Waals surface area contributed by atoms with Crippen LogP contribution in [0.3, 0.4) is 0 Å². The van der Waals surface area contributed by atoms with Gasteiger partial charge in [-0.15, -0.1) is 0 Å². The Labute approximate surface area is 222 Å². The Morgan fingerprint density at radius 2 is 1.59 bits per heavy atom. The van der Waals surface area contributed by atoms with Gasteiger partial charge < -0.3 is 15.4 Å². The number of hydrogen-bond acceptors (Lipinski definition) is 6. The fourth-order valence-corrected chi connectivity index (χ4v) is 4.61. The highest BCUT2D eigenvalue weighted by Gasteiger charge is 2.38. The van der Waals surface area contributed by atoms with Gasteiger partial charge in [-0.05, 0) is 79.2 Å². The van der Waals surface area contributed by atoms with Crippen LogP contribution in [0, 0.1) is 5.82 Å². The summed E-state index contributed by atoms with van der Waals surface area (Å²) in [6, 6.07) is 19.0. The second-order valence-corrected chi connectivity index (χ2v) is 9.55. The van der Waals surface area contributed by atoms with Crippen molar-refractivity contribution in [3.8, 4) is 0 Å². The summed E-state index contributed by atoms with van der Waals surface area (Å²) in [6.07, 6.45) is 0.498. The van der Waals surface area contributed by atoms with E-state index < -0.39 is 17.6 Å². The minimum absolute atomic E-state index is 0.124. The lowest BCUT2D eigenvalue weighted by Crippen LogP contribution is -2.33. The Kier molecular flexibility index (Phi) is 8.60. The Bertz CT molecular complexity index is 1330. The van der Waals surface area contributed by atoms with Crippen LogP contribution in [-0.2, 0) is 14.3 Å². The molecule has 190 valence electrons. The predicted molar refractivity (Wildman–Crippen MR) is 142 cm³/mol. The summed E-state index contributed by atoms with van der Waals surface area (Å²) in [5.74, 6) is -1.57. The van der Waals surface area contributed by atoms with E-state index in [9.17, 15) is 18.8 Å². The minimum atomic E-state index is -0.459. The summed E-state index contributed by atoms with van der Waals surface area (Å²) in [4.78, 5) is 40.8. The summed E-state index contributed by atoms with van der Waals surface area (Å²) >= 11 is 7.01. The maximum Gasteiger partial charge on any atom is 0.278 e. The second-order valence-electron chi connectivity index (χ2n) is 8.03. The number of carbonyl (C=O) groups is 3. The SMILES string of the molecule is COCCCN1C(=O)C(Nc2ccc(F)cc2)=C(Sc2ccc(NC(=O)c3ccc(Cl)cc3)cc2)C1=O. The van der Waals surface area contributed by atoms with Crippen molar-refractivity contribution in [1.82, 2.24) is 4.90 Å². The molecule has 37 heavy (non-hydrogen) atoms. The molecule has 10 heteroatoms. The van der Waals surface area contributed by atoms with Crippen molar-refractivity contribution < 1.29 is 23.5 Å². The largest absolute Gasteiger partial charge is 0.385 e. The quantitative estimate of drug-likeness (QED) is 0.259. The molecule has 3 amide bonds. The van der Waals surface area contributed by atoms with E-state index in [1.165, 1.54) is 29.2 Å². The van der Waals surface area contributed by atoms with Gasteiger partial charge in [0.1, 0.15) is 16.4 Å². The van der Waals surface area contributed by atoms with Gasteiger partial charge in [0.25, 0.3) is 17.7 Å². The van der Waals surface area contributed by atoms with Crippen LogP contribution < -0.4 is 10.6 Å². The standard InChI is InChI=1S/C27H23ClFN3O4S/c1-36-16-2-15-32-26(34)23(30-20-9-7-19(29)8-10-20)24(27(32)35)37-22-13-11-21(12-14-22)31-25(33)17-3-5-18(28)6-4-17/h3-14,30H,2,15-16H2,1H3,(H,31,33). The van der Waals surface area contributed by atoms with Crippen LogP contribution in [-0.4, -0.2) is 42.9 Å². The molecule has 0 bridgehead atoms. The molecule has 0 aromatic heterocycles. The normalized spacial score (nSPS) is 13.3. The molecule has 0 saturated carbocycles. The van der Waals surface area contributed by atoms with E-state index >= 15 is 0 Å². The van der Waals surface area contributed by atoms with Crippen LogP contribution in [0.15, 0.2) is 88.3 Å². The van der Waals surface area contributed by atoms with Crippen LogP contribution in [0.5, 0.6) is 0 Å². The molecule has 0 spiro atoms. The third-order valence-electron chi connectivity index (χ3n) is 5.41. The zero-order valence-electron chi connectivity index (χ0n) is 19.8. The van der Waals surface area contributed by atoms with Gasteiger partial charge in [0.15, 0.2) is 0 Å². The number of rotatable bonds is 10. The molecule has 0 saturated heterocycles. The minimum Gasteiger partial charge on any atom is -0.385 e. The number of anilines is 2. The first kappa shape index (κ1) is 26.4. The molecule has 1 aliphatic rings. The first-order chi connectivity index (χ1) is 17.9. The number of hydrogen-bond donors (Lipinski definition) is 2. The number of methoxy groups -OCH3 is 1. The van der Waals surface area contributed by atoms with Crippen molar-refractivity contribution in [3.05, 3.63) is 99.8 Å². The van der Waals surface area contributed by atoms with Crippen molar-refractivity contribution >= 4 is 52.5 Å². The van der Waals surface area contributed by atoms with E-state index in [1.807, 2.05) is 0 Å². The molecule has 0 fully saturated rings. The topological polar surface area (TPSA) is 87.7 Å². The third kappa shape index (κ3) is 6.56. The first-order valence-electron chi connectivity index (χ1n) is 11.3. The third-order valence-corrected chi connectivity index (χ3v) is 6.75. The Balaban J connectivity index is 1.52. The average Bonchev–Trinajstić information content (AvgIpc) is 3.11. The summed E-state index contributed by atoms with van der Waals surface area (Å²) < 4.78 is 18.4. The summed E-state index contributed by atoms with van der Waals surface area (Å²) in [5.41, 5.74) is 1.64. The van der Waals surface area contributed by atoms with E-state index in [-0.39, 0.29) is 23.1 Å². The van der Waals surface area contributed by atoms with Gasteiger partial charge in [-0.3, -0.25) is 19.3 Å². The molecule has 1 heterocycles. The van der Waals surface area contributed by atoms with Gasteiger partial charge in [0.2, 0.25) is 0 Å². The molecule has 1 aliphatic heterocycles. The lowest BCUT2D eigenvalue weighted by atomic mass is 10.2. The Morgan fingerprint density at radius 1 is 0.946 bits per heavy atom. The molecular formula is C27H23ClFN3O4S. The highest BCUT2D eigenvalue weighted by molar-refractivity contribution is 8.04. The zero-order valence-corrected chi connectivity index (χ0v) is 21.4. The molecule has 3 aromatic rings. The number of carbonyl (C=O) groups excluding carboxylic acids is 3. The number of ether oxygens (including phenoxy) is 1. The van der Waals surface area contributed by atoms with Gasteiger partial charge in [-0.25, -0.2) is 4.39 Å². The molecule has 0 atom stereocenters. The zero-order chi connectivity index (χ0) is 26.4. The number of halogens is 2. The van der Waals surface area contributed by atoms with E-state index in [4.69, 9.17) is 16.3 Å². The molecule has 4 rings (SSSR count). The van der Waals surface area contributed by atoms with Crippen LogP contribution in [0.25, 0.3) is 0 Å². The lowest BCUT2D eigenvalue weighted by Gasteiger charge is -2.14. The smallest absolute Gasteiger partial charge is 0.278 e. The average molecular weight is 540 g/mol. The summed E-state index contributed by atoms with van der Waals surface area (Å²) in [7, 11) is 1.55. The van der Waals surface area contributed by atoms with Gasteiger partial charge in [0.05, 0.1) is 0 Å². The molecule has 0 radical (unpaired) electrons. The second kappa shape index (κ2) is 12.1. The maximum atomic E-state index is 13.3. The molecule has 7 nitrogen and oxygen atoms in total. The fraction of sp³-hybridized carbons (Fsp3) is 0.148.